The molecule has 2 nitrogen and oxygen atoms in total. The van der Waals surface area contributed by atoms with Crippen LogP contribution in [0.1, 0.15) is 24.3 Å². The Morgan fingerprint density at radius 2 is 2.21 bits per heavy atom. The fourth-order valence-electron chi connectivity index (χ4n) is 1.21. The molecule has 0 aliphatic heterocycles. The molecule has 0 saturated heterocycles. The molecular weight excluding hydrogens is 194 g/mol. The second kappa shape index (κ2) is 5.49. The molecule has 0 bridgehead atoms. The average molecular weight is 213 g/mol. The van der Waals surface area contributed by atoms with Crippen LogP contribution in [0.2, 0.25) is 0 Å². The Morgan fingerprint density at radius 1 is 1.50 bits per heavy atom. The Balaban J connectivity index is 2.37. The van der Waals surface area contributed by atoms with Crippen molar-refractivity contribution in [2.24, 2.45) is 0 Å². The largest absolute Gasteiger partial charge is 0.380 e. The molecule has 0 radical (unpaired) electrons. The van der Waals surface area contributed by atoms with Gasteiger partial charge in [0.2, 0.25) is 0 Å². The lowest BCUT2D eigenvalue weighted by molar-refractivity contribution is 0.0883. The Labute approximate surface area is 90.3 Å². The molecule has 1 heterocycles. The zero-order valence-electron chi connectivity index (χ0n) is 9.33. The minimum absolute atomic E-state index is 0.260. The van der Waals surface area contributed by atoms with Crippen LogP contribution in [0.25, 0.3) is 0 Å². The summed E-state index contributed by atoms with van der Waals surface area (Å²) in [5.41, 5.74) is 1.37. The summed E-state index contributed by atoms with van der Waals surface area (Å²) in [4.78, 5) is 1.42. The maximum absolute atomic E-state index is 5.25. The van der Waals surface area contributed by atoms with Gasteiger partial charge in [0.1, 0.15) is 0 Å². The van der Waals surface area contributed by atoms with Gasteiger partial charge in [-0.15, -0.1) is 11.3 Å². The van der Waals surface area contributed by atoms with Crippen molar-refractivity contribution in [3.8, 4) is 0 Å². The first kappa shape index (κ1) is 11.7. The van der Waals surface area contributed by atoms with E-state index in [9.17, 15) is 0 Å². The molecule has 0 aliphatic carbocycles. The van der Waals surface area contributed by atoms with E-state index in [1.54, 1.807) is 7.11 Å². The maximum atomic E-state index is 5.25. The van der Waals surface area contributed by atoms with E-state index in [2.05, 4.69) is 37.5 Å². The number of ether oxygens (including phenoxy) is 1. The van der Waals surface area contributed by atoms with Gasteiger partial charge in [-0.25, -0.2) is 0 Å². The first-order valence-corrected chi connectivity index (χ1v) is 5.82. The summed E-state index contributed by atoms with van der Waals surface area (Å²) in [6.07, 6.45) is 0.260. The van der Waals surface area contributed by atoms with E-state index in [1.165, 1.54) is 10.4 Å². The topological polar surface area (TPSA) is 21.3 Å². The summed E-state index contributed by atoms with van der Waals surface area (Å²) in [6, 6.07) is 2.55. The number of hydrogen-bond donors (Lipinski definition) is 1. The fourth-order valence-corrected chi connectivity index (χ4v) is 2.07. The van der Waals surface area contributed by atoms with E-state index in [-0.39, 0.29) is 6.10 Å². The van der Waals surface area contributed by atoms with E-state index < -0.39 is 0 Å². The molecule has 0 fully saturated rings. The SMILES string of the molecule is COC(C)C(C)NCc1sccc1C. The van der Waals surface area contributed by atoms with E-state index in [0.29, 0.717) is 6.04 Å². The second-order valence-electron chi connectivity index (χ2n) is 3.64. The highest BCUT2D eigenvalue weighted by Gasteiger charge is 2.10. The molecule has 2 atom stereocenters. The molecule has 0 spiro atoms. The van der Waals surface area contributed by atoms with Crippen molar-refractivity contribution in [2.45, 2.75) is 39.5 Å². The normalized spacial score (nSPS) is 15.4. The van der Waals surface area contributed by atoms with Crippen LogP contribution in [0.3, 0.4) is 0 Å². The number of hydrogen-bond acceptors (Lipinski definition) is 3. The van der Waals surface area contributed by atoms with Crippen LogP contribution < -0.4 is 5.32 Å². The number of methoxy groups -OCH3 is 1. The highest BCUT2D eigenvalue weighted by atomic mass is 32.1. The molecule has 0 aromatic carbocycles. The molecular formula is C11H19NOS. The summed E-state index contributed by atoms with van der Waals surface area (Å²) >= 11 is 1.81. The molecule has 1 rings (SSSR count). The third kappa shape index (κ3) is 3.08. The van der Waals surface area contributed by atoms with Crippen LogP contribution in [0.5, 0.6) is 0 Å². The van der Waals surface area contributed by atoms with Crippen molar-refractivity contribution in [1.29, 1.82) is 0 Å². The minimum Gasteiger partial charge on any atom is -0.380 e. The zero-order chi connectivity index (χ0) is 10.6. The summed E-state index contributed by atoms with van der Waals surface area (Å²) in [5.74, 6) is 0. The first-order chi connectivity index (χ1) is 6.65. The van der Waals surface area contributed by atoms with Crippen LogP contribution in [0.15, 0.2) is 11.4 Å². The molecule has 2 unspecified atom stereocenters. The van der Waals surface area contributed by atoms with Crippen molar-refractivity contribution in [3.05, 3.63) is 21.9 Å². The highest BCUT2D eigenvalue weighted by molar-refractivity contribution is 7.10. The van der Waals surface area contributed by atoms with Gasteiger partial charge in [0.15, 0.2) is 0 Å². The number of nitrogens with one attached hydrogen (secondary N) is 1. The van der Waals surface area contributed by atoms with Crippen LogP contribution >= 0.6 is 11.3 Å². The van der Waals surface area contributed by atoms with Gasteiger partial charge in [-0.1, -0.05) is 0 Å². The number of thiophene rings is 1. The van der Waals surface area contributed by atoms with Gasteiger partial charge < -0.3 is 10.1 Å². The summed E-state index contributed by atoms with van der Waals surface area (Å²) in [7, 11) is 1.75. The highest BCUT2D eigenvalue weighted by Crippen LogP contribution is 2.15. The van der Waals surface area contributed by atoms with Crippen molar-refractivity contribution in [2.75, 3.05) is 7.11 Å². The average Bonchev–Trinajstić information content (AvgIpc) is 2.59. The summed E-state index contributed by atoms with van der Waals surface area (Å²) in [5, 5.41) is 5.60. The van der Waals surface area contributed by atoms with Gasteiger partial charge >= 0.3 is 0 Å². The Morgan fingerprint density at radius 3 is 2.71 bits per heavy atom. The van der Waals surface area contributed by atoms with E-state index in [1.807, 2.05) is 11.3 Å². The van der Waals surface area contributed by atoms with Crippen molar-refractivity contribution < 1.29 is 4.74 Å². The minimum atomic E-state index is 0.260. The summed E-state index contributed by atoms with van der Waals surface area (Å²) < 4.78 is 5.25. The lowest BCUT2D eigenvalue weighted by Gasteiger charge is -2.19. The molecule has 1 aromatic rings. The zero-order valence-corrected chi connectivity index (χ0v) is 10.1. The van der Waals surface area contributed by atoms with Gasteiger partial charge in [-0.2, -0.15) is 0 Å². The molecule has 0 aliphatic rings. The Kier molecular flexibility index (Phi) is 4.58. The van der Waals surface area contributed by atoms with Crippen LogP contribution in [0.4, 0.5) is 0 Å². The van der Waals surface area contributed by atoms with Crippen LogP contribution in [-0.2, 0) is 11.3 Å². The van der Waals surface area contributed by atoms with E-state index in [0.717, 1.165) is 6.54 Å². The van der Waals surface area contributed by atoms with E-state index in [4.69, 9.17) is 4.74 Å². The third-order valence-electron chi connectivity index (χ3n) is 2.63. The standard InChI is InChI=1S/C11H19NOS/c1-8-5-6-14-11(8)7-12-9(2)10(3)13-4/h5-6,9-10,12H,7H2,1-4H3. The first-order valence-electron chi connectivity index (χ1n) is 4.94. The maximum Gasteiger partial charge on any atom is 0.0693 e. The number of aryl methyl sites for hydroxylation is 1. The van der Waals surface area contributed by atoms with Gasteiger partial charge in [0.05, 0.1) is 6.10 Å². The predicted octanol–water partition coefficient (Wildman–Crippen LogP) is 2.57. The number of rotatable bonds is 5. The van der Waals surface area contributed by atoms with Gasteiger partial charge in [-0.05, 0) is 37.8 Å². The monoisotopic (exact) mass is 213 g/mol. The van der Waals surface area contributed by atoms with Gasteiger partial charge in [-0.3, -0.25) is 0 Å². The van der Waals surface area contributed by atoms with Crippen molar-refractivity contribution in [3.63, 3.8) is 0 Å². The predicted molar refractivity (Wildman–Crippen MR) is 61.8 cm³/mol. The van der Waals surface area contributed by atoms with Crippen molar-refractivity contribution >= 4 is 11.3 Å². The molecule has 0 saturated carbocycles. The third-order valence-corrected chi connectivity index (χ3v) is 3.65. The molecule has 1 N–H and O–H groups in total. The smallest absolute Gasteiger partial charge is 0.0693 e. The summed E-state index contributed by atoms with van der Waals surface area (Å²) in [6.45, 7) is 7.33. The van der Waals surface area contributed by atoms with E-state index >= 15 is 0 Å². The quantitative estimate of drug-likeness (QED) is 0.811. The van der Waals surface area contributed by atoms with Gasteiger partial charge in [0.25, 0.3) is 0 Å². The van der Waals surface area contributed by atoms with Gasteiger partial charge in [0, 0.05) is 24.6 Å². The molecule has 1 aromatic heterocycles. The fraction of sp³-hybridized carbons (Fsp3) is 0.636. The lowest BCUT2D eigenvalue weighted by atomic mass is 10.2. The van der Waals surface area contributed by atoms with Crippen LogP contribution in [-0.4, -0.2) is 19.3 Å². The van der Waals surface area contributed by atoms with Crippen molar-refractivity contribution in [1.82, 2.24) is 5.32 Å². The molecule has 3 heteroatoms. The Bertz CT molecular complexity index is 272. The molecule has 14 heavy (non-hydrogen) atoms. The molecule has 0 amide bonds. The lowest BCUT2D eigenvalue weighted by Crippen LogP contribution is -2.36. The molecule has 80 valence electrons. The second-order valence-corrected chi connectivity index (χ2v) is 4.64. The Hall–Kier alpha value is -0.380. The van der Waals surface area contributed by atoms with Crippen LogP contribution in [0, 0.1) is 6.92 Å².